The van der Waals surface area contributed by atoms with Crippen LogP contribution in [0, 0.1) is 17.8 Å². The van der Waals surface area contributed by atoms with E-state index in [0.717, 1.165) is 24.8 Å². The summed E-state index contributed by atoms with van der Waals surface area (Å²) < 4.78 is 25.5. The normalized spacial score (nSPS) is 18.0. The Hall–Kier alpha value is -2.94. The van der Waals surface area contributed by atoms with Gasteiger partial charge in [0.25, 0.3) is 5.91 Å². The lowest BCUT2D eigenvalue weighted by atomic mass is 9.84. The molecule has 0 unspecified atom stereocenters. The maximum atomic E-state index is 14.1. The zero-order chi connectivity index (χ0) is 31.0. The van der Waals surface area contributed by atoms with Crippen LogP contribution in [0.2, 0.25) is 0 Å². The van der Waals surface area contributed by atoms with Crippen LogP contribution in [-0.4, -0.2) is 46.7 Å². The number of nitrogens with one attached hydrogen (secondary N) is 3. The van der Waals surface area contributed by atoms with Crippen molar-refractivity contribution in [1.29, 1.82) is 0 Å². The highest BCUT2D eigenvalue weighted by atomic mass is 32.2. The fourth-order valence-electron chi connectivity index (χ4n) is 5.40. The van der Waals surface area contributed by atoms with Crippen LogP contribution in [0.5, 0.6) is 0 Å². The summed E-state index contributed by atoms with van der Waals surface area (Å²) in [5.41, 5.74) is -0.222. The number of aromatic nitrogens is 2. The van der Waals surface area contributed by atoms with Crippen molar-refractivity contribution in [3.8, 4) is 0 Å². The molecule has 0 bridgehead atoms. The van der Waals surface area contributed by atoms with E-state index in [0.29, 0.717) is 17.5 Å². The Labute approximate surface area is 252 Å². The van der Waals surface area contributed by atoms with E-state index < -0.39 is 31.9 Å². The van der Waals surface area contributed by atoms with E-state index in [1.807, 2.05) is 30.3 Å². The third-order valence-electron chi connectivity index (χ3n) is 8.27. The van der Waals surface area contributed by atoms with Crippen LogP contribution in [0.3, 0.4) is 0 Å². The number of benzene rings is 1. The van der Waals surface area contributed by atoms with Crippen molar-refractivity contribution in [2.75, 3.05) is 5.75 Å². The zero-order valence-electron chi connectivity index (χ0n) is 26.2. The molecule has 0 spiro atoms. The van der Waals surface area contributed by atoms with Crippen molar-refractivity contribution >= 4 is 21.7 Å². The quantitative estimate of drug-likeness (QED) is 0.264. The predicted octanol–water partition coefficient (Wildman–Crippen LogP) is 5.48. The molecule has 3 atom stereocenters. The minimum absolute atomic E-state index is 0.191. The molecule has 0 saturated heterocycles. The number of sulfone groups is 1. The molecule has 1 aromatic carbocycles. The Kier molecular flexibility index (Phi) is 11.6. The number of hydrogen-bond acceptors (Lipinski definition) is 5. The highest BCUT2D eigenvalue weighted by molar-refractivity contribution is 7.92. The van der Waals surface area contributed by atoms with Crippen molar-refractivity contribution in [1.82, 2.24) is 20.6 Å². The Morgan fingerprint density at radius 3 is 2.29 bits per heavy atom. The predicted molar refractivity (Wildman–Crippen MR) is 168 cm³/mol. The second-order valence-corrected chi connectivity index (χ2v) is 16.1. The van der Waals surface area contributed by atoms with Crippen molar-refractivity contribution in [3.05, 3.63) is 66.3 Å². The van der Waals surface area contributed by atoms with Crippen LogP contribution in [-0.2, 0) is 31.4 Å². The molecule has 1 fully saturated rings. The number of rotatable bonds is 13. The third kappa shape index (κ3) is 9.28. The smallest absolute Gasteiger partial charge is 0.252 e. The molecule has 0 radical (unpaired) electrons. The minimum Gasteiger partial charge on any atom is -0.348 e. The van der Waals surface area contributed by atoms with Gasteiger partial charge in [0, 0.05) is 6.04 Å². The maximum absolute atomic E-state index is 14.1. The summed E-state index contributed by atoms with van der Waals surface area (Å²) in [6.45, 7) is 10.8. The number of H-pyrrole nitrogens is 1. The first kappa shape index (κ1) is 33.6. The highest BCUT2D eigenvalue weighted by Crippen LogP contribution is 2.29. The number of imidazole rings is 1. The fourth-order valence-corrected chi connectivity index (χ4v) is 6.70. The summed E-state index contributed by atoms with van der Waals surface area (Å²) in [4.78, 5) is 35.2. The van der Waals surface area contributed by atoms with Crippen LogP contribution in [0.4, 0.5) is 0 Å². The second kappa shape index (κ2) is 14.5. The van der Waals surface area contributed by atoms with Crippen LogP contribution in [0.25, 0.3) is 0 Å². The van der Waals surface area contributed by atoms with Gasteiger partial charge in [0.15, 0.2) is 15.4 Å². The lowest BCUT2D eigenvalue weighted by Gasteiger charge is -2.33. The van der Waals surface area contributed by atoms with Gasteiger partial charge in [-0.25, -0.2) is 13.4 Å². The molecule has 3 N–H and O–H groups in total. The van der Waals surface area contributed by atoms with E-state index >= 15 is 0 Å². The van der Waals surface area contributed by atoms with E-state index in [1.54, 1.807) is 27.7 Å². The number of hydrogen-bond donors (Lipinski definition) is 3. The first-order chi connectivity index (χ1) is 19.7. The van der Waals surface area contributed by atoms with Gasteiger partial charge in [0.2, 0.25) is 5.91 Å². The van der Waals surface area contributed by atoms with E-state index in [1.165, 1.54) is 31.8 Å². The molecule has 232 valence electrons. The van der Waals surface area contributed by atoms with E-state index in [-0.39, 0.29) is 24.1 Å². The van der Waals surface area contributed by atoms with Gasteiger partial charge < -0.3 is 15.6 Å². The van der Waals surface area contributed by atoms with Crippen LogP contribution >= 0.6 is 0 Å². The third-order valence-corrected chi connectivity index (χ3v) is 11.0. The average Bonchev–Trinajstić information content (AvgIpc) is 3.47. The van der Waals surface area contributed by atoms with Crippen LogP contribution < -0.4 is 10.6 Å². The summed E-state index contributed by atoms with van der Waals surface area (Å²) in [6.07, 6.45) is 14.2. The van der Waals surface area contributed by atoms with Crippen molar-refractivity contribution in [3.63, 3.8) is 0 Å². The number of amides is 2. The van der Waals surface area contributed by atoms with Crippen LogP contribution in [0.1, 0.15) is 91.3 Å². The standard InChI is InChI=1S/C33H50N4O4S/c1-24(2)17-18-28(20-26-15-11-8-12-16-26)36-31(39)33(6,29-21-34-23-35-29)37-30(38)27(19-25-13-9-7-10-14-25)22-42(40,41)32(3,4)5/h7,9-10,13-14,17-18,21,23-24,26-28H,8,11-12,15-16,19-20,22H2,1-6H3,(H,34,35)(H,36,39)(H,37,38)/t27-,28-,33+/m1/s1. The first-order valence-electron chi connectivity index (χ1n) is 15.3. The summed E-state index contributed by atoms with van der Waals surface area (Å²) in [7, 11) is -3.63. The second-order valence-electron chi connectivity index (χ2n) is 13.3. The molecule has 2 amide bonds. The van der Waals surface area contributed by atoms with Crippen molar-refractivity contribution in [2.24, 2.45) is 17.8 Å². The number of carbonyl (C=O) groups excluding carboxylic acids is 2. The Morgan fingerprint density at radius 1 is 1.05 bits per heavy atom. The van der Waals surface area contributed by atoms with Gasteiger partial charge in [-0.2, -0.15) is 0 Å². The molecule has 1 aromatic heterocycles. The van der Waals surface area contributed by atoms with Crippen LogP contribution in [0.15, 0.2) is 55.0 Å². The number of aromatic amines is 1. The molecule has 0 aliphatic heterocycles. The van der Waals surface area contributed by atoms with Gasteiger partial charge in [-0.15, -0.1) is 0 Å². The molecule has 8 nitrogen and oxygen atoms in total. The molecule has 1 heterocycles. The Balaban J connectivity index is 1.91. The van der Waals surface area contributed by atoms with Gasteiger partial charge in [0.1, 0.15) is 0 Å². The number of allylic oxidation sites excluding steroid dienone is 1. The van der Waals surface area contributed by atoms with E-state index in [9.17, 15) is 18.0 Å². The number of carbonyl (C=O) groups is 2. The Morgan fingerprint density at radius 2 is 1.71 bits per heavy atom. The van der Waals surface area contributed by atoms with Gasteiger partial charge in [-0.1, -0.05) is 88.4 Å². The molecule has 42 heavy (non-hydrogen) atoms. The van der Waals surface area contributed by atoms with Crippen molar-refractivity contribution in [2.45, 2.75) is 103 Å². The van der Waals surface area contributed by atoms with Gasteiger partial charge >= 0.3 is 0 Å². The molecular formula is C33H50N4O4S. The van der Waals surface area contributed by atoms with E-state index in [2.05, 4.69) is 46.6 Å². The fraction of sp³-hybridized carbons (Fsp3) is 0.606. The first-order valence-corrected chi connectivity index (χ1v) is 16.9. The van der Waals surface area contributed by atoms with E-state index in [4.69, 9.17) is 0 Å². The Bertz CT molecular complexity index is 1280. The van der Waals surface area contributed by atoms with Gasteiger partial charge in [0.05, 0.1) is 34.6 Å². The van der Waals surface area contributed by atoms with Gasteiger partial charge in [-0.05, 0) is 57.9 Å². The van der Waals surface area contributed by atoms with Gasteiger partial charge in [-0.3, -0.25) is 9.59 Å². The summed E-state index contributed by atoms with van der Waals surface area (Å²) in [5.74, 6) is -1.23. The minimum atomic E-state index is -3.63. The summed E-state index contributed by atoms with van der Waals surface area (Å²) in [6, 6.07) is 9.16. The lowest BCUT2D eigenvalue weighted by molar-refractivity contribution is -0.135. The maximum Gasteiger partial charge on any atom is 0.252 e. The SMILES string of the molecule is CC(C)C=C[C@H](CC1CCCCC1)NC(=O)[C@@](C)(NC(=O)[C@H](Cc1ccccc1)CS(=O)(=O)C(C)(C)C)c1cnc[nH]1. The molecule has 1 saturated carbocycles. The molecule has 1 aliphatic carbocycles. The molecule has 1 aliphatic rings. The molecule has 2 aromatic rings. The summed E-state index contributed by atoms with van der Waals surface area (Å²) >= 11 is 0. The number of nitrogens with zero attached hydrogens (tertiary/aromatic N) is 1. The molecule has 9 heteroatoms. The van der Waals surface area contributed by atoms with Crippen molar-refractivity contribution < 1.29 is 18.0 Å². The summed E-state index contributed by atoms with van der Waals surface area (Å²) in [5, 5.41) is 6.16. The average molecular weight is 599 g/mol. The monoisotopic (exact) mass is 598 g/mol. The molecular weight excluding hydrogens is 548 g/mol. The lowest BCUT2D eigenvalue weighted by Crippen LogP contribution is -2.58. The molecule has 3 rings (SSSR count). The topological polar surface area (TPSA) is 121 Å². The largest absolute Gasteiger partial charge is 0.348 e. The highest BCUT2D eigenvalue weighted by Gasteiger charge is 2.42. The zero-order valence-corrected chi connectivity index (χ0v) is 27.0.